The van der Waals surface area contributed by atoms with Gasteiger partial charge in [-0.1, -0.05) is 18.7 Å². The van der Waals surface area contributed by atoms with Crippen molar-refractivity contribution >= 4 is 11.9 Å². The highest BCUT2D eigenvalue weighted by molar-refractivity contribution is 5.98. The number of carbonyl (C=O) groups is 2. The molecule has 0 spiro atoms. The van der Waals surface area contributed by atoms with Crippen molar-refractivity contribution in [1.29, 1.82) is 0 Å². The van der Waals surface area contributed by atoms with Crippen LogP contribution in [-0.2, 0) is 26.1 Å². The molecule has 2 aliphatic carbocycles. The van der Waals surface area contributed by atoms with Gasteiger partial charge in [0.1, 0.15) is 5.60 Å². The lowest BCUT2D eigenvalue weighted by Gasteiger charge is -2.42. The molecule has 2 fully saturated rings. The third-order valence-electron chi connectivity index (χ3n) is 5.16. The van der Waals surface area contributed by atoms with Crippen LogP contribution in [0.1, 0.15) is 43.2 Å². The lowest BCUT2D eigenvalue weighted by molar-refractivity contribution is -0.178. The van der Waals surface area contributed by atoms with Gasteiger partial charge in [-0.3, -0.25) is 4.79 Å². The number of hydrogen-bond acceptors (Lipinski definition) is 3. The molecule has 0 heterocycles. The van der Waals surface area contributed by atoms with Gasteiger partial charge >= 0.3 is 18.1 Å². The zero-order valence-corrected chi connectivity index (χ0v) is 13.4. The second-order valence-electron chi connectivity index (χ2n) is 6.68. The van der Waals surface area contributed by atoms with Crippen molar-refractivity contribution in [2.24, 2.45) is 5.41 Å². The number of alkyl halides is 3. The summed E-state index contributed by atoms with van der Waals surface area (Å²) in [5.74, 6) is -1.90. The Morgan fingerprint density at radius 3 is 2.00 bits per heavy atom. The lowest BCUT2D eigenvalue weighted by Crippen LogP contribution is -2.42. The zero-order chi connectivity index (χ0) is 18.5. The molecule has 25 heavy (non-hydrogen) atoms. The van der Waals surface area contributed by atoms with Crippen LogP contribution < -0.4 is 0 Å². The quantitative estimate of drug-likeness (QED) is 0.640. The number of carboxylic acids is 1. The summed E-state index contributed by atoms with van der Waals surface area (Å²) in [5, 5.41) is 9.09. The van der Waals surface area contributed by atoms with Gasteiger partial charge in [0.25, 0.3) is 0 Å². The van der Waals surface area contributed by atoms with E-state index in [-0.39, 0.29) is 5.57 Å². The zero-order valence-electron chi connectivity index (χ0n) is 13.4. The maximum Gasteiger partial charge on any atom is 0.416 e. The summed E-state index contributed by atoms with van der Waals surface area (Å²) < 4.78 is 43.7. The first kappa shape index (κ1) is 17.5. The lowest BCUT2D eigenvalue weighted by atomic mass is 9.74. The summed E-state index contributed by atoms with van der Waals surface area (Å²) in [6, 6.07) is 4.57. The van der Waals surface area contributed by atoms with Crippen molar-refractivity contribution in [3.8, 4) is 0 Å². The largest absolute Gasteiger partial charge is 0.478 e. The van der Waals surface area contributed by atoms with E-state index in [0.717, 1.165) is 18.6 Å². The van der Waals surface area contributed by atoms with Crippen molar-refractivity contribution in [3.05, 3.63) is 47.5 Å². The molecule has 1 N–H and O–H groups in total. The van der Waals surface area contributed by atoms with Gasteiger partial charge in [-0.2, -0.15) is 13.2 Å². The molecule has 2 saturated carbocycles. The van der Waals surface area contributed by atoms with E-state index in [9.17, 15) is 22.8 Å². The van der Waals surface area contributed by atoms with Crippen LogP contribution in [0, 0.1) is 5.41 Å². The number of halogens is 3. The highest BCUT2D eigenvalue weighted by atomic mass is 19.4. The van der Waals surface area contributed by atoms with E-state index in [2.05, 4.69) is 6.58 Å². The summed E-state index contributed by atoms with van der Waals surface area (Å²) in [6.07, 6.45) is -1.93. The molecular formula is C18H17F3O4. The van der Waals surface area contributed by atoms with Gasteiger partial charge in [0.2, 0.25) is 0 Å². The summed E-state index contributed by atoms with van der Waals surface area (Å²) in [5.41, 5.74) is -2.64. The van der Waals surface area contributed by atoms with Crippen molar-refractivity contribution in [1.82, 2.24) is 0 Å². The van der Waals surface area contributed by atoms with Gasteiger partial charge in [0, 0.05) is 5.57 Å². The number of ether oxygens (including phenoxy) is 1. The molecule has 0 bridgehead atoms. The van der Waals surface area contributed by atoms with E-state index in [4.69, 9.17) is 9.84 Å². The molecule has 0 aliphatic heterocycles. The monoisotopic (exact) mass is 354 g/mol. The summed E-state index contributed by atoms with van der Waals surface area (Å²) >= 11 is 0. The van der Waals surface area contributed by atoms with Crippen LogP contribution in [0.25, 0.3) is 0 Å². The van der Waals surface area contributed by atoms with Gasteiger partial charge in [-0.25, -0.2) is 4.79 Å². The Morgan fingerprint density at radius 2 is 1.64 bits per heavy atom. The number of carbonyl (C=O) groups excluding carboxylic acids is 1. The van der Waals surface area contributed by atoms with Gasteiger partial charge < -0.3 is 9.84 Å². The molecule has 2 aliphatic rings. The summed E-state index contributed by atoms with van der Waals surface area (Å²) in [7, 11) is 0. The molecule has 7 heteroatoms. The van der Waals surface area contributed by atoms with E-state index in [1.54, 1.807) is 0 Å². The molecule has 3 rings (SSSR count). The normalized spacial score (nSPS) is 20.3. The van der Waals surface area contributed by atoms with Crippen LogP contribution >= 0.6 is 0 Å². The van der Waals surface area contributed by atoms with Crippen molar-refractivity contribution < 1.29 is 32.6 Å². The minimum Gasteiger partial charge on any atom is -0.478 e. The fraction of sp³-hybridized carbons (Fsp3) is 0.444. The third kappa shape index (κ3) is 2.92. The smallest absolute Gasteiger partial charge is 0.416 e. The number of hydrogen-bond donors (Lipinski definition) is 1. The molecule has 0 atom stereocenters. The maximum atomic E-state index is 12.7. The summed E-state index contributed by atoms with van der Waals surface area (Å²) in [4.78, 5) is 23.7. The highest BCUT2D eigenvalue weighted by Gasteiger charge is 2.58. The Kier molecular flexibility index (Phi) is 3.93. The first-order valence-corrected chi connectivity index (χ1v) is 7.95. The van der Waals surface area contributed by atoms with Crippen LogP contribution in [0.4, 0.5) is 13.2 Å². The molecule has 134 valence electrons. The Morgan fingerprint density at radius 1 is 1.08 bits per heavy atom. The Bertz CT molecular complexity index is 726. The van der Waals surface area contributed by atoms with Gasteiger partial charge in [-0.15, -0.1) is 0 Å². The molecule has 0 radical (unpaired) electrons. The van der Waals surface area contributed by atoms with Crippen LogP contribution in [0.15, 0.2) is 36.4 Å². The van der Waals surface area contributed by atoms with Gasteiger partial charge in [0.05, 0.1) is 11.0 Å². The molecule has 0 amide bonds. The minimum atomic E-state index is -4.43. The second-order valence-corrected chi connectivity index (χ2v) is 6.68. The van der Waals surface area contributed by atoms with E-state index in [0.29, 0.717) is 31.2 Å². The Balaban J connectivity index is 1.81. The number of rotatable bonds is 5. The molecule has 4 nitrogen and oxygen atoms in total. The number of carboxylic acid groups (broad SMARTS) is 1. The first-order chi connectivity index (χ1) is 11.6. The molecule has 0 unspecified atom stereocenters. The molecule has 0 saturated heterocycles. The fourth-order valence-electron chi connectivity index (χ4n) is 3.14. The molecule has 1 aromatic rings. The van der Waals surface area contributed by atoms with E-state index in [1.165, 1.54) is 12.1 Å². The predicted molar refractivity (Wildman–Crippen MR) is 81.5 cm³/mol. The van der Waals surface area contributed by atoms with Crippen LogP contribution in [0.3, 0.4) is 0 Å². The molecule has 1 aromatic carbocycles. The SMILES string of the molecule is C=C(C(=O)O)C1(C(=O)OC2(c3ccc(C(F)(F)F)cc3)CCC2)CC1. The average Bonchev–Trinajstić information content (AvgIpc) is 3.31. The topological polar surface area (TPSA) is 63.6 Å². The average molecular weight is 354 g/mol. The van der Waals surface area contributed by atoms with E-state index in [1.807, 2.05) is 0 Å². The summed E-state index contributed by atoms with van der Waals surface area (Å²) in [6.45, 7) is 3.47. The van der Waals surface area contributed by atoms with Crippen LogP contribution in [0.5, 0.6) is 0 Å². The highest BCUT2D eigenvalue weighted by Crippen LogP contribution is 2.55. The molecular weight excluding hydrogens is 337 g/mol. The number of esters is 1. The van der Waals surface area contributed by atoms with Crippen molar-refractivity contribution in [2.45, 2.75) is 43.9 Å². The van der Waals surface area contributed by atoms with Crippen molar-refractivity contribution in [2.75, 3.05) is 0 Å². The van der Waals surface area contributed by atoms with Gasteiger partial charge in [0.15, 0.2) is 0 Å². The first-order valence-electron chi connectivity index (χ1n) is 7.95. The predicted octanol–water partition coefficient (Wildman–Crippen LogP) is 4.05. The fourth-order valence-corrected chi connectivity index (χ4v) is 3.14. The minimum absolute atomic E-state index is 0.195. The van der Waals surface area contributed by atoms with E-state index < -0.39 is 34.7 Å². The Hall–Kier alpha value is -2.31. The van der Waals surface area contributed by atoms with Gasteiger partial charge in [-0.05, 0) is 49.8 Å². The standard InChI is InChI=1S/C18H17F3O4/c1-11(14(22)23)16(9-10-16)15(24)25-17(7-2-8-17)12-3-5-13(6-4-12)18(19,20)21/h3-6H,1-2,7-10H2,(H,22,23). The maximum absolute atomic E-state index is 12.7. The van der Waals surface area contributed by atoms with E-state index >= 15 is 0 Å². The Labute approximate surface area is 142 Å². The third-order valence-corrected chi connectivity index (χ3v) is 5.16. The second kappa shape index (κ2) is 5.61. The number of aliphatic carboxylic acids is 1. The van der Waals surface area contributed by atoms with Crippen LogP contribution in [-0.4, -0.2) is 17.0 Å². The van der Waals surface area contributed by atoms with Crippen LogP contribution in [0.2, 0.25) is 0 Å². The number of benzene rings is 1. The van der Waals surface area contributed by atoms with Crippen molar-refractivity contribution in [3.63, 3.8) is 0 Å². The molecule has 0 aromatic heterocycles.